The summed E-state index contributed by atoms with van der Waals surface area (Å²) in [6.07, 6.45) is 2.44. The first-order valence-electron chi connectivity index (χ1n) is 6.53. The lowest BCUT2D eigenvalue weighted by Gasteiger charge is -2.34. The lowest BCUT2D eigenvalue weighted by molar-refractivity contribution is 0.0316. The molecule has 2 unspecified atom stereocenters. The van der Waals surface area contributed by atoms with E-state index in [2.05, 4.69) is 4.72 Å². The molecule has 0 aromatic carbocycles. The molecule has 0 aliphatic carbocycles. The van der Waals surface area contributed by atoms with Gasteiger partial charge in [-0.25, -0.2) is 0 Å². The predicted octanol–water partition coefficient (Wildman–Crippen LogP) is -0.705. The summed E-state index contributed by atoms with van der Waals surface area (Å²) in [6.45, 7) is 1.42. The summed E-state index contributed by atoms with van der Waals surface area (Å²) in [5.41, 5.74) is 5.64. The second-order valence-electron chi connectivity index (χ2n) is 4.66. The van der Waals surface area contributed by atoms with Crippen molar-refractivity contribution in [1.29, 1.82) is 0 Å². The van der Waals surface area contributed by atoms with Crippen LogP contribution in [-0.4, -0.2) is 65.3 Å². The first-order valence-corrected chi connectivity index (χ1v) is 7.97. The van der Waals surface area contributed by atoms with E-state index in [4.69, 9.17) is 15.2 Å². The zero-order chi connectivity index (χ0) is 14.3. The van der Waals surface area contributed by atoms with Crippen LogP contribution in [0.3, 0.4) is 0 Å². The summed E-state index contributed by atoms with van der Waals surface area (Å²) in [7, 11) is -0.420. The van der Waals surface area contributed by atoms with Crippen molar-refractivity contribution in [2.45, 2.75) is 31.4 Å². The average molecular weight is 295 g/mol. The van der Waals surface area contributed by atoms with E-state index in [9.17, 15) is 8.42 Å². The van der Waals surface area contributed by atoms with Crippen LogP contribution in [0.15, 0.2) is 0 Å². The molecule has 0 saturated carbocycles. The van der Waals surface area contributed by atoms with Gasteiger partial charge in [0.05, 0.1) is 12.7 Å². The Kier molecular flexibility index (Phi) is 7.19. The van der Waals surface area contributed by atoms with Crippen molar-refractivity contribution in [2.24, 2.45) is 5.73 Å². The third-order valence-corrected chi connectivity index (χ3v) is 4.96. The number of nitrogens with two attached hydrogens (primary N) is 1. The first kappa shape index (κ1) is 16.8. The number of piperidine rings is 1. The summed E-state index contributed by atoms with van der Waals surface area (Å²) >= 11 is 0. The molecule has 1 rings (SSSR count). The molecule has 0 radical (unpaired) electrons. The van der Waals surface area contributed by atoms with Crippen LogP contribution >= 0.6 is 0 Å². The molecule has 8 heteroatoms. The maximum Gasteiger partial charge on any atom is 0.279 e. The smallest absolute Gasteiger partial charge is 0.279 e. The Morgan fingerprint density at radius 2 is 2.16 bits per heavy atom. The van der Waals surface area contributed by atoms with Crippen LogP contribution in [0.1, 0.15) is 19.3 Å². The van der Waals surface area contributed by atoms with Gasteiger partial charge in [0, 0.05) is 39.9 Å². The number of nitrogens with one attached hydrogen (secondary N) is 1. The van der Waals surface area contributed by atoms with E-state index in [1.165, 1.54) is 11.4 Å². The molecule has 0 spiro atoms. The number of methoxy groups -OCH3 is 2. The number of hydrogen-bond acceptors (Lipinski definition) is 5. The molecule has 7 nitrogen and oxygen atoms in total. The van der Waals surface area contributed by atoms with E-state index in [1.807, 2.05) is 0 Å². The van der Waals surface area contributed by atoms with Crippen LogP contribution in [0.5, 0.6) is 0 Å². The molecule has 19 heavy (non-hydrogen) atoms. The molecule has 114 valence electrons. The van der Waals surface area contributed by atoms with Gasteiger partial charge >= 0.3 is 0 Å². The molecule has 1 heterocycles. The second-order valence-corrected chi connectivity index (χ2v) is 6.37. The Morgan fingerprint density at radius 3 is 2.74 bits per heavy atom. The number of rotatable bonds is 8. The van der Waals surface area contributed by atoms with Gasteiger partial charge in [-0.3, -0.25) is 0 Å². The largest absolute Gasteiger partial charge is 0.382 e. The van der Waals surface area contributed by atoms with Gasteiger partial charge in [0.25, 0.3) is 10.2 Å². The zero-order valence-corrected chi connectivity index (χ0v) is 12.5. The summed E-state index contributed by atoms with van der Waals surface area (Å²) < 4.78 is 38.6. The van der Waals surface area contributed by atoms with Gasteiger partial charge in [-0.2, -0.15) is 17.4 Å². The van der Waals surface area contributed by atoms with Crippen LogP contribution in [0.25, 0.3) is 0 Å². The Balaban J connectivity index is 2.58. The summed E-state index contributed by atoms with van der Waals surface area (Å²) in [4.78, 5) is 0. The van der Waals surface area contributed by atoms with Gasteiger partial charge in [0.2, 0.25) is 0 Å². The van der Waals surface area contributed by atoms with Crippen molar-refractivity contribution < 1.29 is 17.9 Å². The molecule has 0 bridgehead atoms. The van der Waals surface area contributed by atoms with Crippen LogP contribution in [0, 0.1) is 0 Å². The van der Waals surface area contributed by atoms with Crippen molar-refractivity contribution >= 4 is 10.2 Å². The lowest BCUT2D eigenvalue weighted by Crippen LogP contribution is -2.53. The topological polar surface area (TPSA) is 93.9 Å². The van der Waals surface area contributed by atoms with Crippen molar-refractivity contribution in [3.8, 4) is 0 Å². The Labute approximate surface area is 115 Å². The SMILES string of the molecule is COCC(CNS(=O)(=O)N1CCCCC1CN)OC. The Hall–Kier alpha value is -0.250. The highest BCUT2D eigenvalue weighted by molar-refractivity contribution is 7.87. The minimum absolute atomic E-state index is 0.102. The molecular weight excluding hydrogens is 270 g/mol. The van der Waals surface area contributed by atoms with Crippen LogP contribution in [0.2, 0.25) is 0 Å². The minimum atomic E-state index is -3.50. The summed E-state index contributed by atoms with van der Waals surface area (Å²) in [5, 5.41) is 0. The minimum Gasteiger partial charge on any atom is -0.382 e. The normalized spacial score (nSPS) is 23.4. The molecule has 1 saturated heterocycles. The van der Waals surface area contributed by atoms with Crippen molar-refractivity contribution in [1.82, 2.24) is 9.03 Å². The number of nitrogens with zero attached hydrogens (tertiary/aromatic N) is 1. The molecule has 2 atom stereocenters. The Morgan fingerprint density at radius 1 is 1.42 bits per heavy atom. The third kappa shape index (κ3) is 4.97. The van der Waals surface area contributed by atoms with Crippen molar-refractivity contribution in [2.75, 3.05) is 40.5 Å². The highest BCUT2D eigenvalue weighted by Gasteiger charge is 2.31. The van der Waals surface area contributed by atoms with Gasteiger partial charge < -0.3 is 15.2 Å². The van der Waals surface area contributed by atoms with Gasteiger partial charge in [0.1, 0.15) is 0 Å². The number of ether oxygens (including phenoxy) is 2. The molecule has 0 amide bonds. The molecule has 1 aliphatic heterocycles. The first-order chi connectivity index (χ1) is 9.05. The fraction of sp³-hybridized carbons (Fsp3) is 1.00. The maximum atomic E-state index is 12.2. The van der Waals surface area contributed by atoms with Crippen LogP contribution in [-0.2, 0) is 19.7 Å². The van der Waals surface area contributed by atoms with E-state index in [-0.39, 0.29) is 18.7 Å². The maximum absolute atomic E-state index is 12.2. The lowest BCUT2D eigenvalue weighted by atomic mass is 10.1. The Bertz CT molecular complexity index is 350. The molecule has 0 aromatic heterocycles. The molecule has 3 N–H and O–H groups in total. The van der Waals surface area contributed by atoms with E-state index >= 15 is 0 Å². The highest BCUT2D eigenvalue weighted by Crippen LogP contribution is 2.18. The summed E-state index contributed by atoms with van der Waals surface area (Å²) in [5.74, 6) is 0. The van der Waals surface area contributed by atoms with Crippen LogP contribution in [0.4, 0.5) is 0 Å². The predicted molar refractivity (Wildman–Crippen MR) is 73.0 cm³/mol. The van der Waals surface area contributed by atoms with Crippen LogP contribution < -0.4 is 10.5 Å². The quantitative estimate of drug-likeness (QED) is 0.617. The fourth-order valence-electron chi connectivity index (χ4n) is 2.20. The van der Waals surface area contributed by atoms with Gasteiger partial charge in [0.15, 0.2) is 0 Å². The fourth-order valence-corrected chi connectivity index (χ4v) is 3.72. The second kappa shape index (κ2) is 8.13. The summed E-state index contributed by atoms with van der Waals surface area (Å²) in [6, 6.07) is -0.102. The van der Waals surface area contributed by atoms with E-state index in [0.29, 0.717) is 19.7 Å². The van der Waals surface area contributed by atoms with Gasteiger partial charge in [-0.1, -0.05) is 6.42 Å². The van der Waals surface area contributed by atoms with Gasteiger partial charge in [-0.15, -0.1) is 0 Å². The van der Waals surface area contributed by atoms with E-state index < -0.39 is 10.2 Å². The zero-order valence-electron chi connectivity index (χ0n) is 11.7. The molecular formula is C11H25N3O4S. The average Bonchev–Trinajstić information content (AvgIpc) is 2.43. The van der Waals surface area contributed by atoms with E-state index in [0.717, 1.165) is 19.3 Å². The van der Waals surface area contributed by atoms with Crippen molar-refractivity contribution in [3.05, 3.63) is 0 Å². The number of hydrogen-bond donors (Lipinski definition) is 2. The third-order valence-electron chi connectivity index (χ3n) is 3.33. The van der Waals surface area contributed by atoms with E-state index in [1.54, 1.807) is 7.11 Å². The molecule has 1 aliphatic rings. The van der Waals surface area contributed by atoms with Crippen molar-refractivity contribution in [3.63, 3.8) is 0 Å². The monoisotopic (exact) mass is 295 g/mol. The standard InChI is InChI=1S/C11H25N3O4S/c1-17-9-11(18-2)8-13-19(15,16)14-6-4-3-5-10(14)7-12/h10-11,13H,3-9,12H2,1-2H3. The molecule has 0 aromatic rings. The van der Waals surface area contributed by atoms with Gasteiger partial charge in [-0.05, 0) is 12.8 Å². The molecule has 1 fully saturated rings. The highest BCUT2D eigenvalue weighted by atomic mass is 32.2.